The molecule has 7 heteroatoms. The molecule has 1 rings (SSSR count). The summed E-state index contributed by atoms with van der Waals surface area (Å²) in [6, 6.07) is 3.38. The number of aromatic nitrogens is 2. The highest BCUT2D eigenvalue weighted by Gasteiger charge is 2.02. The Morgan fingerprint density at radius 3 is 3.18 bits per heavy atom. The van der Waals surface area contributed by atoms with Crippen molar-refractivity contribution in [2.45, 2.75) is 0 Å². The van der Waals surface area contributed by atoms with Gasteiger partial charge in [-0.25, -0.2) is 9.97 Å². The third-order valence-electron chi connectivity index (χ3n) is 1.81. The van der Waals surface area contributed by atoms with Gasteiger partial charge in [-0.15, -0.1) is 0 Å². The van der Waals surface area contributed by atoms with Crippen LogP contribution in [-0.2, 0) is 9.53 Å². The van der Waals surface area contributed by atoms with Crippen LogP contribution in [0.4, 0.5) is 5.95 Å². The number of hydrogen-bond acceptors (Lipinski definition) is 6. The van der Waals surface area contributed by atoms with E-state index in [-0.39, 0.29) is 24.1 Å². The Labute approximate surface area is 98.8 Å². The first-order valence-electron chi connectivity index (χ1n) is 4.99. The van der Waals surface area contributed by atoms with E-state index in [2.05, 4.69) is 20.6 Å². The predicted octanol–water partition coefficient (Wildman–Crippen LogP) is -0.477. The lowest BCUT2D eigenvalue weighted by atomic mass is 10.4. The van der Waals surface area contributed by atoms with Gasteiger partial charge in [-0.3, -0.25) is 4.79 Å². The molecular formula is C10H13N5O2. The van der Waals surface area contributed by atoms with Crippen molar-refractivity contribution in [2.24, 2.45) is 0 Å². The van der Waals surface area contributed by atoms with Crippen molar-refractivity contribution in [1.29, 1.82) is 5.26 Å². The summed E-state index contributed by atoms with van der Waals surface area (Å²) >= 11 is 0. The van der Waals surface area contributed by atoms with Crippen molar-refractivity contribution in [3.05, 3.63) is 18.0 Å². The zero-order valence-corrected chi connectivity index (χ0v) is 9.43. The van der Waals surface area contributed by atoms with Gasteiger partial charge in [0.05, 0.1) is 13.2 Å². The Balaban J connectivity index is 2.34. The first-order valence-corrected chi connectivity index (χ1v) is 4.99. The summed E-state index contributed by atoms with van der Waals surface area (Å²) in [7, 11) is 1.56. The summed E-state index contributed by atoms with van der Waals surface area (Å²) in [4.78, 5) is 19.0. The maximum absolute atomic E-state index is 11.3. The minimum Gasteiger partial charge on any atom is -0.383 e. The second kappa shape index (κ2) is 7.14. The summed E-state index contributed by atoms with van der Waals surface area (Å²) in [6.45, 7) is 0.973. The molecule has 0 atom stereocenters. The first kappa shape index (κ1) is 12.9. The molecule has 1 aromatic rings. The molecule has 0 radical (unpaired) electrons. The van der Waals surface area contributed by atoms with Crippen LogP contribution in [0.25, 0.3) is 0 Å². The molecule has 0 spiro atoms. The second-order valence-electron chi connectivity index (χ2n) is 3.07. The molecule has 1 aromatic heterocycles. The number of carbonyl (C=O) groups excluding carboxylic acids is 1. The Hall–Kier alpha value is -2.20. The monoisotopic (exact) mass is 235 g/mol. The van der Waals surface area contributed by atoms with Crippen LogP contribution in [-0.4, -0.2) is 42.7 Å². The zero-order valence-electron chi connectivity index (χ0n) is 9.43. The molecule has 1 amide bonds. The smallest absolute Gasteiger partial charge is 0.239 e. The number of methoxy groups -OCH3 is 1. The molecule has 90 valence electrons. The Kier molecular flexibility index (Phi) is 5.40. The van der Waals surface area contributed by atoms with Crippen LogP contribution in [0.3, 0.4) is 0 Å². The van der Waals surface area contributed by atoms with Gasteiger partial charge in [0.25, 0.3) is 0 Å². The van der Waals surface area contributed by atoms with Crippen molar-refractivity contribution in [2.75, 3.05) is 32.1 Å². The van der Waals surface area contributed by atoms with Crippen molar-refractivity contribution < 1.29 is 9.53 Å². The topological polar surface area (TPSA) is 99.9 Å². The lowest BCUT2D eigenvalue weighted by Gasteiger charge is -2.05. The summed E-state index contributed by atoms with van der Waals surface area (Å²) in [5.74, 6) is 0.0685. The van der Waals surface area contributed by atoms with E-state index in [0.717, 1.165) is 0 Å². The molecule has 0 saturated carbocycles. The van der Waals surface area contributed by atoms with E-state index in [4.69, 9.17) is 10.00 Å². The number of rotatable bonds is 6. The van der Waals surface area contributed by atoms with E-state index in [1.165, 1.54) is 12.3 Å². The van der Waals surface area contributed by atoms with Gasteiger partial charge in [0.15, 0.2) is 0 Å². The van der Waals surface area contributed by atoms with Crippen LogP contribution in [0, 0.1) is 11.3 Å². The number of anilines is 1. The number of ether oxygens (including phenoxy) is 1. The lowest BCUT2D eigenvalue weighted by molar-refractivity contribution is -0.119. The van der Waals surface area contributed by atoms with Crippen LogP contribution in [0.5, 0.6) is 0 Å². The molecular weight excluding hydrogens is 222 g/mol. The van der Waals surface area contributed by atoms with E-state index in [0.29, 0.717) is 13.2 Å². The minimum absolute atomic E-state index is 0.0542. The molecule has 0 saturated heterocycles. The fourth-order valence-electron chi connectivity index (χ4n) is 1.02. The van der Waals surface area contributed by atoms with Crippen molar-refractivity contribution in [1.82, 2.24) is 15.3 Å². The average Bonchev–Trinajstić information content (AvgIpc) is 2.37. The zero-order chi connectivity index (χ0) is 12.5. The largest absolute Gasteiger partial charge is 0.383 e. The predicted molar refractivity (Wildman–Crippen MR) is 60.1 cm³/mol. The molecule has 2 N–H and O–H groups in total. The minimum atomic E-state index is -0.187. The summed E-state index contributed by atoms with van der Waals surface area (Å²) in [6.07, 6.45) is 1.46. The number of hydrogen-bond donors (Lipinski definition) is 2. The van der Waals surface area contributed by atoms with Gasteiger partial charge in [0.2, 0.25) is 11.9 Å². The van der Waals surface area contributed by atoms with Gasteiger partial charge in [-0.1, -0.05) is 0 Å². The SMILES string of the molecule is COCCNC(=O)CNc1nccc(C#N)n1. The number of carbonyl (C=O) groups is 1. The molecule has 0 bridgehead atoms. The Bertz CT molecular complexity index is 415. The van der Waals surface area contributed by atoms with Crippen molar-refractivity contribution in [3.63, 3.8) is 0 Å². The van der Waals surface area contributed by atoms with Gasteiger partial charge >= 0.3 is 0 Å². The van der Waals surface area contributed by atoms with Crippen LogP contribution in [0.15, 0.2) is 12.3 Å². The van der Waals surface area contributed by atoms with E-state index < -0.39 is 0 Å². The number of nitrogens with one attached hydrogen (secondary N) is 2. The van der Waals surface area contributed by atoms with Gasteiger partial charge in [-0.05, 0) is 6.07 Å². The lowest BCUT2D eigenvalue weighted by Crippen LogP contribution is -2.32. The van der Waals surface area contributed by atoms with Crippen LogP contribution in [0.2, 0.25) is 0 Å². The number of nitriles is 1. The van der Waals surface area contributed by atoms with Gasteiger partial charge in [0, 0.05) is 19.9 Å². The molecule has 0 unspecified atom stereocenters. The van der Waals surface area contributed by atoms with E-state index >= 15 is 0 Å². The standard InChI is InChI=1S/C10H13N5O2/c1-17-5-4-12-9(16)7-14-10-13-3-2-8(6-11)15-10/h2-3H,4-5,7H2,1H3,(H,12,16)(H,13,14,15). The molecule has 0 aliphatic heterocycles. The van der Waals surface area contributed by atoms with E-state index in [1.807, 2.05) is 6.07 Å². The third-order valence-corrected chi connectivity index (χ3v) is 1.81. The van der Waals surface area contributed by atoms with Crippen molar-refractivity contribution >= 4 is 11.9 Å². The molecule has 0 aliphatic rings. The molecule has 0 aliphatic carbocycles. The normalized spacial score (nSPS) is 9.41. The fraction of sp³-hybridized carbons (Fsp3) is 0.400. The third kappa shape index (κ3) is 4.90. The van der Waals surface area contributed by atoms with Gasteiger partial charge in [-0.2, -0.15) is 5.26 Å². The van der Waals surface area contributed by atoms with Gasteiger partial charge in [0.1, 0.15) is 11.8 Å². The average molecular weight is 235 g/mol. The molecule has 1 heterocycles. The quantitative estimate of drug-likeness (QED) is 0.646. The van der Waals surface area contributed by atoms with Crippen LogP contribution in [0.1, 0.15) is 5.69 Å². The van der Waals surface area contributed by atoms with Crippen LogP contribution < -0.4 is 10.6 Å². The summed E-state index contributed by atoms with van der Waals surface area (Å²) < 4.78 is 4.79. The van der Waals surface area contributed by atoms with Crippen molar-refractivity contribution in [3.8, 4) is 6.07 Å². The maximum Gasteiger partial charge on any atom is 0.239 e. The number of nitrogens with zero attached hydrogens (tertiary/aromatic N) is 3. The fourth-order valence-corrected chi connectivity index (χ4v) is 1.02. The number of amides is 1. The summed E-state index contributed by atoms with van der Waals surface area (Å²) in [5, 5.41) is 14.0. The Morgan fingerprint density at radius 2 is 2.47 bits per heavy atom. The van der Waals surface area contributed by atoms with Crippen LogP contribution >= 0.6 is 0 Å². The highest BCUT2D eigenvalue weighted by molar-refractivity contribution is 5.80. The Morgan fingerprint density at radius 1 is 1.65 bits per heavy atom. The highest BCUT2D eigenvalue weighted by Crippen LogP contribution is 1.97. The molecule has 0 fully saturated rings. The second-order valence-corrected chi connectivity index (χ2v) is 3.07. The molecule has 7 nitrogen and oxygen atoms in total. The molecule has 17 heavy (non-hydrogen) atoms. The van der Waals surface area contributed by atoms with E-state index in [9.17, 15) is 4.79 Å². The highest BCUT2D eigenvalue weighted by atomic mass is 16.5. The first-order chi connectivity index (χ1) is 8.26. The van der Waals surface area contributed by atoms with Gasteiger partial charge < -0.3 is 15.4 Å². The summed E-state index contributed by atoms with van der Waals surface area (Å²) in [5.41, 5.74) is 0.252. The maximum atomic E-state index is 11.3. The molecule has 0 aromatic carbocycles. The van der Waals surface area contributed by atoms with E-state index in [1.54, 1.807) is 7.11 Å².